The molecule has 0 saturated carbocycles. The lowest BCUT2D eigenvalue weighted by molar-refractivity contribution is -0.116. The molecule has 0 amide bonds. The van der Waals surface area contributed by atoms with Crippen molar-refractivity contribution in [2.45, 2.75) is 50.1 Å². The fraction of sp³-hybridized carbons (Fsp3) is 0.421. The third-order valence-corrected chi connectivity index (χ3v) is 6.70. The fourth-order valence-corrected chi connectivity index (χ4v) is 5.35. The summed E-state index contributed by atoms with van der Waals surface area (Å²) in [5.74, 6) is 1.38. The number of carbonyl (C=O) groups is 1. The summed E-state index contributed by atoms with van der Waals surface area (Å²) in [6.07, 6.45) is 4.42. The van der Waals surface area contributed by atoms with Gasteiger partial charge >= 0.3 is 0 Å². The normalized spacial score (nSPS) is 19.1. The van der Waals surface area contributed by atoms with Gasteiger partial charge < -0.3 is 10.3 Å². The number of rotatable bonds is 5. The molecule has 1 aliphatic carbocycles. The molecule has 1 unspecified atom stereocenters. The van der Waals surface area contributed by atoms with Crippen LogP contribution < -0.4 is 10.9 Å². The van der Waals surface area contributed by atoms with Gasteiger partial charge in [-0.2, -0.15) is 0 Å². The first-order valence-electron chi connectivity index (χ1n) is 9.02. The summed E-state index contributed by atoms with van der Waals surface area (Å²) in [6, 6.07) is 3.96. The highest BCUT2D eigenvalue weighted by Crippen LogP contribution is 2.44. The van der Waals surface area contributed by atoms with Gasteiger partial charge in [0.2, 0.25) is 0 Å². The highest BCUT2D eigenvalue weighted by molar-refractivity contribution is 7.99. The lowest BCUT2D eigenvalue weighted by Gasteiger charge is -2.32. The van der Waals surface area contributed by atoms with Crippen molar-refractivity contribution in [1.29, 1.82) is 0 Å². The van der Waals surface area contributed by atoms with Crippen molar-refractivity contribution in [1.82, 2.24) is 9.97 Å². The van der Waals surface area contributed by atoms with Gasteiger partial charge in [-0.1, -0.05) is 31.2 Å². The second-order valence-electron chi connectivity index (χ2n) is 6.58. The molecule has 0 aromatic carbocycles. The van der Waals surface area contributed by atoms with Gasteiger partial charge in [0, 0.05) is 28.3 Å². The molecule has 3 heterocycles. The molecule has 0 spiro atoms. The number of aromatic amines is 1. The Balaban J connectivity index is 1.81. The van der Waals surface area contributed by atoms with E-state index in [4.69, 9.17) is 0 Å². The lowest BCUT2D eigenvalue weighted by Crippen LogP contribution is -2.32. The Morgan fingerprint density at radius 3 is 3.00 bits per heavy atom. The highest BCUT2D eigenvalue weighted by atomic mass is 32.2. The summed E-state index contributed by atoms with van der Waals surface area (Å²) in [5.41, 5.74) is 2.12. The van der Waals surface area contributed by atoms with Crippen molar-refractivity contribution in [2.24, 2.45) is 0 Å². The van der Waals surface area contributed by atoms with E-state index in [-0.39, 0.29) is 17.3 Å². The number of allylic oxidation sites excluding steroid dienone is 2. The van der Waals surface area contributed by atoms with Crippen molar-refractivity contribution in [3.05, 3.63) is 49.6 Å². The van der Waals surface area contributed by atoms with Crippen LogP contribution in [0, 0.1) is 0 Å². The molecule has 7 heteroatoms. The minimum Gasteiger partial charge on any atom is -0.343 e. The average molecular weight is 388 g/mol. The lowest BCUT2D eigenvalue weighted by atomic mass is 9.79. The van der Waals surface area contributed by atoms with Crippen molar-refractivity contribution in [2.75, 3.05) is 11.1 Å². The zero-order valence-corrected chi connectivity index (χ0v) is 16.3. The van der Waals surface area contributed by atoms with Crippen LogP contribution in [0.3, 0.4) is 0 Å². The maximum Gasteiger partial charge on any atom is 0.257 e. The minimum absolute atomic E-state index is 0.142. The van der Waals surface area contributed by atoms with E-state index >= 15 is 0 Å². The van der Waals surface area contributed by atoms with Gasteiger partial charge in [0.05, 0.1) is 11.5 Å². The predicted octanol–water partition coefficient (Wildman–Crippen LogP) is 4.29. The third kappa shape index (κ3) is 3.14. The quantitative estimate of drug-likeness (QED) is 0.455. The SMILES string of the molecule is CCCCSc1nc2c(c(=O)[nH]1)C(c1cccs1)C1=C(CCCC1=O)N2. The van der Waals surface area contributed by atoms with Gasteiger partial charge in [-0.05, 0) is 30.7 Å². The van der Waals surface area contributed by atoms with Crippen molar-refractivity contribution in [3.8, 4) is 0 Å². The van der Waals surface area contributed by atoms with Crippen molar-refractivity contribution < 1.29 is 4.79 Å². The zero-order chi connectivity index (χ0) is 18.1. The summed E-state index contributed by atoms with van der Waals surface area (Å²) in [5, 5.41) is 5.94. The molecule has 0 saturated heterocycles. The van der Waals surface area contributed by atoms with Crippen LogP contribution in [0.15, 0.2) is 38.7 Å². The number of H-pyrrole nitrogens is 1. The van der Waals surface area contributed by atoms with Crippen LogP contribution >= 0.6 is 23.1 Å². The summed E-state index contributed by atoms with van der Waals surface area (Å²) < 4.78 is 0. The average Bonchev–Trinajstić information content (AvgIpc) is 3.15. The van der Waals surface area contributed by atoms with E-state index in [0.717, 1.165) is 47.6 Å². The maximum absolute atomic E-state index is 12.9. The number of hydrogen-bond acceptors (Lipinski definition) is 6. The second kappa shape index (κ2) is 7.40. The molecule has 0 fully saturated rings. The predicted molar refractivity (Wildman–Crippen MR) is 106 cm³/mol. The highest BCUT2D eigenvalue weighted by Gasteiger charge is 2.38. The molecular weight excluding hydrogens is 366 g/mol. The van der Waals surface area contributed by atoms with Crippen molar-refractivity contribution in [3.63, 3.8) is 0 Å². The second-order valence-corrected chi connectivity index (χ2v) is 8.64. The topological polar surface area (TPSA) is 74.8 Å². The van der Waals surface area contributed by atoms with E-state index in [2.05, 4.69) is 22.2 Å². The number of thioether (sulfide) groups is 1. The Morgan fingerprint density at radius 2 is 2.23 bits per heavy atom. The van der Waals surface area contributed by atoms with Crippen molar-refractivity contribution >= 4 is 34.7 Å². The number of nitrogens with zero attached hydrogens (tertiary/aromatic N) is 1. The zero-order valence-electron chi connectivity index (χ0n) is 14.6. The number of anilines is 1. The van der Waals surface area contributed by atoms with Gasteiger partial charge in [0.1, 0.15) is 5.82 Å². The molecule has 5 nitrogen and oxygen atoms in total. The number of aromatic nitrogens is 2. The Hall–Kier alpha value is -1.86. The van der Waals surface area contributed by atoms with Gasteiger partial charge in [-0.25, -0.2) is 4.98 Å². The molecule has 1 aliphatic heterocycles. The number of thiophene rings is 1. The van der Waals surface area contributed by atoms with Gasteiger partial charge in [0.15, 0.2) is 10.9 Å². The molecule has 2 aromatic heterocycles. The molecule has 26 heavy (non-hydrogen) atoms. The molecule has 0 radical (unpaired) electrons. The number of unbranched alkanes of at least 4 members (excludes halogenated alkanes) is 1. The smallest absolute Gasteiger partial charge is 0.257 e. The molecule has 0 bridgehead atoms. The van der Waals surface area contributed by atoms with Crippen LogP contribution in [0.1, 0.15) is 55.4 Å². The van der Waals surface area contributed by atoms with Crippen LogP contribution in [0.4, 0.5) is 5.82 Å². The standard InChI is InChI=1S/C19H21N3O2S2/c1-2-3-9-26-19-21-17-16(18(24)22-19)15(13-8-5-10-25-13)14-11(20-17)6-4-7-12(14)23/h5,8,10,15H,2-4,6-7,9H2,1H3,(H2,20,21,22,24). The third-order valence-electron chi connectivity index (χ3n) is 4.80. The molecule has 2 aliphatic rings. The molecule has 136 valence electrons. The van der Waals surface area contributed by atoms with E-state index < -0.39 is 0 Å². The van der Waals surface area contributed by atoms with E-state index in [0.29, 0.717) is 23.0 Å². The largest absolute Gasteiger partial charge is 0.343 e. The number of ketones is 1. The molecule has 1 atom stereocenters. The first kappa shape index (κ1) is 17.5. The number of carbonyl (C=O) groups excluding carboxylic acids is 1. The monoisotopic (exact) mass is 387 g/mol. The summed E-state index contributed by atoms with van der Waals surface area (Å²) in [7, 11) is 0. The Bertz CT molecular complexity index is 915. The first-order chi connectivity index (χ1) is 12.7. The number of Topliss-reactive ketones (excluding diaryl/α,β-unsaturated/α-hetero) is 1. The Morgan fingerprint density at radius 1 is 1.35 bits per heavy atom. The van der Waals surface area contributed by atoms with Crippen LogP contribution in [0.2, 0.25) is 0 Å². The van der Waals surface area contributed by atoms with Gasteiger partial charge in [0.25, 0.3) is 5.56 Å². The molecule has 2 aromatic rings. The summed E-state index contributed by atoms with van der Waals surface area (Å²) in [4.78, 5) is 34.2. The van der Waals surface area contributed by atoms with Gasteiger partial charge in [-0.15, -0.1) is 11.3 Å². The molecule has 4 rings (SSSR count). The summed E-state index contributed by atoms with van der Waals surface area (Å²) >= 11 is 3.15. The Kier molecular flexibility index (Phi) is 5.00. The first-order valence-corrected chi connectivity index (χ1v) is 10.9. The van der Waals surface area contributed by atoms with Crippen LogP contribution in [0.5, 0.6) is 0 Å². The van der Waals surface area contributed by atoms with E-state index in [1.54, 1.807) is 23.1 Å². The minimum atomic E-state index is -0.306. The number of fused-ring (bicyclic) bond motifs is 1. The van der Waals surface area contributed by atoms with Crippen LogP contribution in [0.25, 0.3) is 0 Å². The maximum atomic E-state index is 12.9. The van der Waals surface area contributed by atoms with E-state index in [1.807, 2.05) is 17.5 Å². The number of hydrogen-bond donors (Lipinski definition) is 2. The van der Waals surface area contributed by atoms with Gasteiger partial charge in [-0.3, -0.25) is 9.59 Å². The Labute approximate surface area is 160 Å². The van der Waals surface area contributed by atoms with Crippen LogP contribution in [-0.4, -0.2) is 21.5 Å². The van der Waals surface area contributed by atoms with E-state index in [1.165, 1.54) is 0 Å². The fourth-order valence-electron chi connectivity index (χ4n) is 3.56. The van der Waals surface area contributed by atoms with E-state index in [9.17, 15) is 9.59 Å². The molecular formula is C19H21N3O2S2. The van der Waals surface area contributed by atoms with Crippen LogP contribution in [-0.2, 0) is 4.79 Å². The molecule has 2 N–H and O–H groups in total. The summed E-state index contributed by atoms with van der Waals surface area (Å²) in [6.45, 7) is 2.14. The number of nitrogens with one attached hydrogen (secondary N) is 2.